The van der Waals surface area contributed by atoms with Crippen LogP contribution >= 0.6 is 0 Å². The third kappa shape index (κ3) is 4.32. The second kappa shape index (κ2) is 8.66. The van der Waals surface area contributed by atoms with Crippen LogP contribution in [0.4, 0.5) is 11.5 Å². The van der Waals surface area contributed by atoms with Gasteiger partial charge in [0.1, 0.15) is 12.4 Å². The molecule has 0 bridgehead atoms. The molecule has 4 rings (SSSR count). The number of carbonyl (C=O) groups is 1. The van der Waals surface area contributed by atoms with Crippen molar-refractivity contribution in [2.75, 3.05) is 37.5 Å². The van der Waals surface area contributed by atoms with E-state index in [1.165, 1.54) is 25.0 Å². The zero-order chi connectivity index (χ0) is 22.0. The lowest BCUT2D eigenvalue weighted by Gasteiger charge is -2.31. The second-order valence-corrected chi connectivity index (χ2v) is 7.71. The molecule has 3 heterocycles. The first-order valence-corrected chi connectivity index (χ1v) is 10.2. The monoisotopic (exact) mass is 426 g/mol. The molecule has 0 aliphatic carbocycles. The highest BCUT2D eigenvalue weighted by molar-refractivity contribution is 5.90. The lowest BCUT2D eigenvalue weighted by molar-refractivity contribution is -0.117. The second-order valence-electron chi connectivity index (χ2n) is 7.71. The number of hydrogen-bond donors (Lipinski definition) is 1. The molecule has 2 aromatic heterocycles. The topological polar surface area (TPSA) is 103 Å². The van der Waals surface area contributed by atoms with Crippen molar-refractivity contribution in [1.29, 1.82) is 0 Å². The summed E-state index contributed by atoms with van der Waals surface area (Å²) in [5, 5.41) is 7.00. The van der Waals surface area contributed by atoms with E-state index in [0.717, 1.165) is 30.0 Å². The smallest absolute Gasteiger partial charge is 0.352 e. The van der Waals surface area contributed by atoms with Crippen molar-refractivity contribution in [3.63, 3.8) is 0 Å². The van der Waals surface area contributed by atoms with Gasteiger partial charge in [-0.3, -0.25) is 4.79 Å². The number of piperidine rings is 1. The van der Waals surface area contributed by atoms with Gasteiger partial charge in [-0.05, 0) is 37.0 Å². The Morgan fingerprint density at radius 2 is 2.03 bits per heavy atom. The van der Waals surface area contributed by atoms with E-state index < -0.39 is 5.69 Å². The first-order chi connectivity index (χ1) is 15.0. The lowest BCUT2D eigenvalue weighted by Crippen LogP contribution is -2.34. The zero-order valence-corrected chi connectivity index (χ0v) is 17.9. The number of fused-ring (bicyclic) bond motifs is 1. The number of benzene rings is 1. The lowest BCUT2D eigenvalue weighted by atomic mass is 10.0. The molecule has 3 aromatic rings. The van der Waals surface area contributed by atoms with Crippen molar-refractivity contribution >= 4 is 23.2 Å². The highest BCUT2D eigenvalue weighted by Gasteiger charge is 2.19. The number of nitrogens with one attached hydrogen (secondary N) is 1. The summed E-state index contributed by atoms with van der Waals surface area (Å²) in [6.45, 7) is 3.86. The summed E-state index contributed by atoms with van der Waals surface area (Å²) >= 11 is 0. The Kier molecular flexibility index (Phi) is 5.79. The van der Waals surface area contributed by atoms with Crippen LogP contribution in [-0.2, 0) is 11.3 Å². The fourth-order valence-electron chi connectivity index (χ4n) is 3.82. The highest BCUT2D eigenvalue weighted by atomic mass is 16.5. The SMILES string of the molecule is COc1ccc(NC(=O)Cn2nc3nc(N4CCCC(C)C4)ccn3c2=O)cc1OC. The third-order valence-corrected chi connectivity index (χ3v) is 5.38. The highest BCUT2D eigenvalue weighted by Crippen LogP contribution is 2.29. The van der Waals surface area contributed by atoms with Gasteiger partial charge in [-0.1, -0.05) is 6.92 Å². The van der Waals surface area contributed by atoms with Gasteiger partial charge < -0.3 is 19.7 Å². The van der Waals surface area contributed by atoms with Crippen LogP contribution in [-0.4, -0.2) is 52.4 Å². The first kappa shape index (κ1) is 20.7. The Morgan fingerprint density at radius 1 is 1.23 bits per heavy atom. The Balaban J connectivity index is 1.51. The van der Waals surface area contributed by atoms with Crippen LogP contribution in [0.5, 0.6) is 11.5 Å². The van der Waals surface area contributed by atoms with Crippen LogP contribution in [0.15, 0.2) is 35.3 Å². The number of aromatic nitrogens is 4. The van der Waals surface area contributed by atoms with Crippen molar-refractivity contribution in [3.05, 3.63) is 40.9 Å². The third-order valence-electron chi connectivity index (χ3n) is 5.38. The average molecular weight is 426 g/mol. The first-order valence-electron chi connectivity index (χ1n) is 10.2. The van der Waals surface area contributed by atoms with Crippen LogP contribution in [0.2, 0.25) is 0 Å². The normalized spacial score (nSPS) is 16.4. The Hall–Kier alpha value is -3.56. The minimum Gasteiger partial charge on any atom is -0.493 e. The molecular weight excluding hydrogens is 400 g/mol. The number of amides is 1. The van der Waals surface area contributed by atoms with Gasteiger partial charge >= 0.3 is 5.69 Å². The molecular formula is C21H26N6O4. The van der Waals surface area contributed by atoms with Gasteiger partial charge in [0.05, 0.1) is 14.2 Å². The fraction of sp³-hybridized carbons (Fsp3) is 0.429. The van der Waals surface area contributed by atoms with Gasteiger partial charge in [-0.15, -0.1) is 5.10 Å². The molecule has 1 fully saturated rings. The Morgan fingerprint density at radius 3 is 2.77 bits per heavy atom. The van der Waals surface area contributed by atoms with Gasteiger partial charge in [0.15, 0.2) is 11.5 Å². The van der Waals surface area contributed by atoms with Gasteiger partial charge in [0.2, 0.25) is 5.91 Å². The summed E-state index contributed by atoms with van der Waals surface area (Å²) < 4.78 is 12.9. The van der Waals surface area contributed by atoms with Gasteiger partial charge in [0, 0.05) is 31.0 Å². The average Bonchev–Trinajstić information content (AvgIpc) is 3.08. The molecule has 0 radical (unpaired) electrons. The largest absolute Gasteiger partial charge is 0.493 e. The number of ether oxygens (including phenoxy) is 2. The molecule has 0 saturated carbocycles. The van der Waals surface area contributed by atoms with Crippen molar-refractivity contribution in [1.82, 2.24) is 19.2 Å². The maximum atomic E-state index is 12.6. The molecule has 164 valence electrons. The Labute approximate surface area is 179 Å². The van der Waals surface area contributed by atoms with Crippen LogP contribution in [0.25, 0.3) is 5.78 Å². The number of methoxy groups -OCH3 is 2. The zero-order valence-electron chi connectivity index (χ0n) is 17.9. The van der Waals surface area contributed by atoms with Crippen molar-refractivity contribution in [3.8, 4) is 11.5 Å². The van der Waals surface area contributed by atoms with Crippen molar-refractivity contribution in [2.24, 2.45) is 5.92 Å². The van der Waals surface area contributed by atoms with Crippen LogP contribution in [0, 0.1) is 5.92 Å². The number of hydrogen-bond acceptors (Lipinski definition) is 7. The molecule has 10 nitrogen and oxygen atoms in total. The van der Waals surface area contributed by atoms with Crippen LogP contribution in [0.3, 0.4) is 0 Å². The molecule has 1 atom stereocenters. The van der Waals surface area contributed by atoms with Crippen LogP contribution in [0.1, 0.15) is 19.8 Å². The molecule has 1 aliphatic heterocycles. The van der Waals surface area contributed by atoms with E-state index in [-0.39, 0.29) is 18.2 Å². The van der Waals surface area contributed by atoms with Crippen molar-refractivity contribution in [2.45, 2.75) is 26.3 Å². The summed E-state index contributed by atoms with van der Waals surface area (Å²) in [6, 6.07) is 6.86. The molecule has 1 N–H and O–H groups in total. The minimum atomic E-state index is -0.413. The predicted octanol–water partition coefficient (Wildman–Crippen LogP) is 1.78. The van der Waals surface area contributed by atoms with E-state index in [2.05, 4.69) is 27.2 Å². The van der Waals surface area contributed by atoms with E-state index >= 15 is 0 Å². The standard InChI is InChI=1S/C21H26N6O4/c1-14-5-4-9-25(12-14)18-8-10-26-20(23-18)24-27(21(26)29)13-19(28)22-15-6-7-16(30-2)17(11-15)31-3/h6-8,10-11,14H,4-5,9,12-13H2,1-3H3,(H,22,28). The van der Waals surface area contributed by atoms with E-state index in [4.69, 9.17) is 9.47 Å². The molecule has 1 saturated heterocycles. The summed E-state index contributed by atoms with van der Waals surface area (Å²) in [5.74, 6) is 2.34. The Bertz CT molecular complexity index is 1150. The van der Waals surface area contributed by atoms with Crippen molar-refractivity contribution < 1.29 is 14.3 Å². The number of rotatable bonds is 6. The number of nitrogens with zero attached hydrogens (tertiary/aromatic N) is 5. The van der Waals surface area contributed by atoms with Gasteiger partial charge in [-0.25, -0.2) is 13.9 Å². The summed E-state index contributed by atoms with van der Waals surface area (Å²) in [4.78, 5) is 31.9. The molecule has 10 heteroatoms. The number of carbonyl (C=O) groups excluding carboxylic acids is 1. The number of anilines is 2. The molecule has 1 aliphatic rings. The van der Waals surface area contributed by atoms with E-state index in [1.54, 1.807) is 24.4 Å². The quantitative estimate of drug-likeness (QED) is 0.641. The van der Waals surface area contributed by atoms with Crippen LogP contribution < -0.4 is 25.4 Å². The molecule has 1 unspecified atom stereocenters. The van der Waals surface area contributed by atoms with Gasteiger partial charge in [-0.2, -0.15) is 4.98 Å². The maximum absolute atomic E-state index is 12.6. The van der Waals surface area contributed by atoms with Gasteiger partial charge in [0.25, 0.3) is 5.78 Å². The molecule has 1 aromatic carbocycles. The van der Waals surface area contributed by atoms with E-state index in [9.17, 15) is 9.59 Å². The molecule has 1 amide bonds. The fourth-order valence-corrected chi connectivity index (χ4v) is 3.82. The predicted molar refractivity (Wildman–Crippen MR) is 116 cm³/mol. The summed E-state index contributed by atoms with van der Waals surface area (Å²) in [7, 11) is 3.06. The van der Waals surface area contributed by atoms with E-state index in [1.807, 2.05) is 6.07 Å². The van der Waals surface area contributed by atoms with E-state index in [0.29, 0.717) is 23.1 Å². The molecule has 0 spiro atoms. The maximum Gasteiger partial charge on any atom is 0.352 e. The molecule has 31 heavy (non-hydrogen) atoms. The summed E-state index contributed by atoms with van der Waals surface area (Å²) in [5.41, 5.74) is 0.114. The minimum absolute atomic E-state index is 0.230. The summed E-state index contributed by atoms with van der Waals surface area (Å²) in [6.07, 6.45) is 3.99.